The van der Waals surface area contributed by atoms with E-state index in [1.807, 2.05) is 50.2 Å². The largest absolute Gasteiger partial charge is 0.459 e. The van der Waals surface area contributed by atoms with Crippen LogP contribution >= 0.6 is 22.7 Å². The van der Waals surface area contributed by atoms with Crippen LogP contribution in [0.3, 0.4) is 0 Å². The maximum absolute atomic E-state index is 13.1. The molecule has 5 rings (SSSR count). The molecule has 6 heteroatoms. The van der Waals surface area contributed by atoms with Crippen LogP contribution < -0.4 is 4.80 Å². The predicted molar refractivity (Wildman–Crippen MR) is 136 cm³/mol. The number of carbonyl (C=O) groups is 1. The number of rotatable bonds is 5. The number of thiazole rings is 1. The molecule has 168 valence electrons. The van der Waals surface area contributed by atoms with Gasteiger partial charge in [-0.2, -0.15) is 0 Å². The van der Waals surface area contributed by atoms with Crippen molar-refractivity contribution in [3.05, 3.63) is 86.8 Å². The van der Waals surface area contributed by atoms with Crippen molar-refractivity contribution in [2.45, 2.75) is 45.6 Å². The molecule has 0 saturated heterocycles. The zero-order valence-corrected chi connectivity index (χ0v) is 20.4. The van der Waals surface area contributed by atoms with Crippen LogP contribution in [-0.4, -0.2) is 16.6 Å². The second-order valence-electron chi connectivity index (χ2n) is 8.40. The third-order valence-corrected chi connectivity index (χ3v) is 7.70. The third-order valence-electron chi connectivity index (χ3n) is 5.69. The number of fused-ring (bicyclic) bond motifs is 1. The fourth-order valence-corrected chi connectivity index (χ4v) is 6.44. The first-order valence-corrected chi connectivity index (χ1v) is 13.0. The summed E-state index contributed by atoms with van der Waals surface area (Å²) in [5, 5.41) is 2.90. The van der Waals surface area contributed by atoms with Gasteiger partial charge in [0, 0.05) is 15.9 Å². The molecule has 4 aromatic rings. The number of para-hydroxylation sites is 1. The molecule has 0 atom stereocenters. The Morgan fingerprint density at radius 1 is 1.00 bits per heavy atom. The van der Waals surface area contributed by atoms with E-state index < -0.39 is 0 Å². The molecular formula is C27H26N2O2S2. The van der Waals surface area contributed by atoms with Gasteiger partial charge in [-0.05, 0) is 62.8 Å². The Labute approximate surface area is 201 Å². The molecule has 2 aromatic heterocycles. The van der Waals surface area contributed by atoms with E-state index >= 15 is 0 Å². The summed E-state index contributed by atoms with van der Waals surface area (Å²) in [7, 11) is 0. The van der Waals surface area contributed by atoms with Gasteiger partial charge >= 0.3 is 5.97 Å². The number of aryl methyl sites for hydroxylation is 1. The molecule has 2 aromatic carbocycles. The molecule has 0 amide bonds. The number of hydrogen-bond donors (Lipinski definition) is 0. The lowest BCUT2D eigenvalue weighted by Gasteiger charge is -2.13. The topological polar surface area (TPSA) is 43.6 Å². The molecule has 0 aliphatic heterocycles. The highest BCUT2D eigenvalue weighted by atomic mass is 32.1. The average Bonchev–Trinajstić information content (AvgIpc) is 3.41. The van der Waals surface area contributed by atoms with Crippen molar-refractivity contribution in [3.8, 4) is 16.9 Å². The molecule has 0 bridgehead atoms. The highest BCUT2D eigenvalue weighted by Gasteiger charge is 2.27. The minimum absolute atomic E-state index is 0.162. The molecule has 0 unspecified atom stereocenters. The number of ether oxygens (including phenoxy) is 1. The molecule has 33 heavy (non-hydrogen) atoms. The van der Waals surface area contributed by atoms with Gasteiger partial charge in [-0.1, -0.05) is 48.5 Å². The van der Waals surface area contributed by atoms with Gasteiger partial charge < -0.3 is 4.74 Å². The number of thiophene rings is 1. The summed E-state index contributed by atoms with van der Waals surface area (Å²) in [6.45, 7) is 3.78. The summed E-state index contributed by atoms with van der Waals surface area (Å²) in [5.74, 6) is -0.255. The predicted octanol–water partition coefficient (Wildman–Crippen LogP) is 6.94. The van der Waals surface area contributed by atoms with E-state index in [0.29, 0.717) is 5.56 Å². The smallest absolute Gasteiger partial charge is 0.341 e. The lowest BCUT2D eigenvalue weighted by atomic mass is 9.95. The molecule has 0 N–H and O–H groups in total. The van der Waals surface area contributed by atoms with E-state index in [0.717, 1.165) is 58.0 Å². The molecule has 1 aliphatic rings. The summed E-state index contributed by atoms with van der Waals surface area (Å²) in [4.78, 5) is 20.3. The van der Waals surface area contributed by atoms with Crippen LogP contribution in [0.25, 0.3) is 16.9 Å². The fraction of sp³-hybridized carbons (Fsp3) is 0.259. The van der Waals surface area contributed by atoms with Crippen molar-refractivity contribution in [3.63, 3.8) is 0 Å². The van der Waals surface area contributed by atoms with Gasteiger partial charge in [-0.3, -0.25) is 4.57 Å². The Morgan fingerprint density at radius 3 is 2.42 bits per heavy atom. The number of aromatic nitrogens is 1. The molecule has 2 heterocycles. The molecule has 0 saturated carbocycles. The zero-order valence-electron chi connectivity index (χ0n) is 18.8. The standard InChI is InChI=1S/C27H26N2O2S2/c1-18(2)31-26(30)24-21-15-9-10-16-23(21)33-25(24)28-27-29(20-13-7-4-8-14-20)22(17-32-27)19-11-5-3-6-12-19/h3-8,11-14,17-18H,9-10,15-16H2,1-2H3/b28-27-. The number of carbonyl (C=O) groups excluding carboxylic acids is 1. The average molecular weight is 475 g/mol. The second kappa shape index (κ2) is 9.49. The van der Waals surface area contributed by atoms with Crippen molar-refractivity contribution in [1.82, 2.24) is 4.57 Å². The second-order valence-corrected chi connectivity index (χ2v) is 10.3. The van der Waals surface area contributed by atoms with E-state index in [-0.39, 0.29) is 12.1 Å². The molecule has 0 radical (unpaired) electrons. The first kappa shape index (κ1) is 21.9. The molecular weight excluding hydrogens is 448 g/mol. The van der Waals surface area contributed by atoms with Crippen LogP contribution in [0.1, 0.15) is 47.5 Å². The van der Waals surface area contributed by atoms with Crippen LogP contribution in [0, 0.1) is 0 Å². The maximum Gasteiger partial charge on any atom is 0.341 e. The van der Waals surface area contributed by atoms with Crippen molar-refractivity contribution in [2.75, 3.05) is 0 Å². The molecule has 0 fully saturated rings. The summed E-state index contributed by atoms with van der Waals surface area (Å²) in [6.07, 6.45) is 4.03. The highest BCUT2D eigenvalue weighted by Crippen LogP contribution is 2.40. The summed E-state index contributed by atoms with van der Waals surface area (Å²) >= 11 is 3.24. The van der Waals surface area contributed by atoms with Gasteiger partial charge in [0.15, 0.2) is 4.80 Å². The Morgan fingerprint density at radius 2 is 1.70 bits per heavy atom. The maximum atomic E-state index is 13.1. The molecule has 1 aliphatic carbocycles. The monoisotopic (exact) mass is 474 g/mol. The van der Waals surface area contributed by atoms with E-state index in [9.17, 15) is 4.79 Å². The summed E-state index contributed by atoms with van der Waals surface area (Å²) < 4.78 is 7.81. The quantitative estimate of drug-likeness (QED) is 0.294. The Balaban J connectivity index is 1.72. The minimum Gasteiger partial charge on any atom is -0.459 e. The van der Waals surface area contributed by atoms with Crippen molar-refractivity contribution in [2.24, 2.45) is 4.99 Å². The minimum atomic E-state index is -0.255. The normalized spacial score (nSPS) is 13.8. The van der Waals surface area contributed by atoms with Crippen molar-refractivity contribution in [1.29, 1.82) is 0 Å². The van der Waals surface area contributed by atoms with E-state index in [2.05, 4.69) is 34.2 Å². The zero-order chi connectivity index (χ0) is 22.8. The van der Waals surface area contributed by atoms with Gasteiger partial charge in [-0.25, -0.2) is 9.79 Å². The SMILES string of the molecule is CC(C)OC(=O)c1c(/N=c2\scc(-c3ccccc3)n2-c2ccccc2)sc2c1CCCC2. The van der Waals surface area contributed by atoms with Crippen molar-refractivity contribution < 1.29 is 9.53 Å². The van der Waals surface area contributed by atoms with Gasteiger partial charge in [-0.15, -0.1) is 22.7 Å². The lowest BCUT2D eigenvalue weighted by Crippen LogP contribution is -2.15. The van der Waals surface area contributed by atoms with Gasteiger partial charge in [0.2, 0.25) is 0 Å². The van der Waals surface area contributed by atoms with Crippen LogP contribution in [0.4, 0.5) is 5.00 Å². The summed E-state index contributed by atoms with van der Waals surface area (Å²) in [5.41, 5.74) is 5.06. The third kappa shape index (κ3) is 4.45. The van der Waals surface area contributed by atoms with Gasteiger partial charge in [0.1, 0.15) is 5.00 Å². The van der Waals surface area contributed by atoms with Crippen LogP contribution in [0.2, 0.25) is 0 Å². The Hall–Kier alpha value is -2.96. The Kier molecular flexibility index (Phi) is 6.29. The van der Waals surface area contributed by atoms with Gasteiger partial charge in [0.05, 0.1) is 17.4 Å². The number of hydrogen-bond acceptors (Lipinski definition) is 5. The Bertz CT molecular complexity index is 1330. The summed E-state index contributed by atoms with van der Waals surface area (Å²) in [6, 6.07) is 20.6. The first-order valence-electron chi connectivity index (χ1n) is 11.3. The van der Waals surface area contributed by atoms with E-state index in [1.54, 1.807) is 22.7 Å². The van der Waals surface area contributed by atoms with E-state index in [1.165, 1.54) is 4.88 Å². The van der Waals surface area contributed by atoms with Crippen LogP contribution in [-0.2, 0) is 17.6 Å². The van der Waals surface area contributed by atoms with Crippen LogP contribution in [0.5, 0.6) is 0 Å². The van der Waals surface area contributed by atoms with Crippen molar-refractivity contribution >= 4 is 33.6 Å². The lowest BCUT2D eigenvalue weighted by molar-refractivity contribution is 0.0378. The molecule has 4 nitrogen and oxygen atoms in total. The number of nitrogens with zero attached hydrogens (tertiary/aromatic N) is 2. The fourth-order valence-electron chi connectivity index (χ4n) is 4.23. The van der Waals surface area contributed by atoms with Crippen LogP contribution in [0.15, 0.2) is 71.0 Å². The first-order chi connectivity index (χ1) is 16.1. The van der Waals surface area contributed by atoms with E-state index in [4.69, 9.17) is 9.73 Å². The number of esters is 1. The highest BCUT2D eigenvalue weighted by molar-refractivity contribution is 7.16. The van der Waals surface area contributed by atoms with Gasteiger partial charge in [0.25, 0.3) is 0 Å². The molecule has 0 spiro atoms. The number of benzene rings is 2.